The maximum atomic E-state index is 13.7. The van der Waals surface area contributed by atoms with Crippen molar-refractivity contribution < 1.29 is 28.3 Å². The van der Waals surface area contributed by atoms with Crippen LogP contribution in [0.2, 0.25) is 0 Å². The molecule has 1 unspecified atom stereocenters. The van der Waals surface area contributed by atoms with Crippen molar-refractivity contribution in [1.82, 2.24) is 5.32 Å². The molecular formula is C43H35N3O6S. The van der Waals surface area contributed by atoms with Crippen LogP contribution in [0.4, 0.5) is 11.4 Å². The van der Waals surface area contributed by atoms with Gasteiger partial charge in [0, 0.05) is 33.5 Å². The summed E-state index contributed by atoms with van der Waals surface area (Å²) in [6.07, 6.45) is 1.49. The molecule has 0 saturated carbocycles. The first-order chi connectivity index (χ1) is 25.7. The molecule has 0 aliphatic heterocycles. The average molecular weight is 722 g/mol. The minimum atomic E-state index is -0.613. The van der Waals surface area contributed by atoms with E-state index in [-0.39, 0.29) is 11.6 Å². The second kappa shape index (κ2) is 17.0. The fraction of sp³-hybridized carbons (Fsp3) is 0.0698. The molecule has 53 heavy (non-hydrogen) atoms. The number of amides is 3. The molecule has 9 nitrogen and oxygen atoms in total. The highest BCUT2D eigenvalue weighted by atomic mass is 32.2. The molecule has 1 aromatic heterocycles. The van der Waals surface area contributed by atoms with Gasteiger partial charge in [0.2, 0.25) is 5.91 Å². The molecule has 0 aliphatic carbocycles. The Morgan fingerprint density at radius 1 is 0.679 bits per heavy atom. The molecule has 0 aliphatic rings. The van der Waals surface area contributed by atoms with Crippen LogP contribution in [0.3, 0.4) is 0 Å². The lowest BCUT2D eigenvalue weighted by molar-refractivity contribution is -0.116. The van der Waals surface area contributed by atoms with Crippen molar-refractivity contribution in [2.75, 3.05) is 17.7 Å². The van der Waals surface area contributed by atoms with Crippen LogP contribution in [0.15, 0.2) is 161 Å². The minimum Gasteiger partial charge on any atom is -0.465 e. The lowest BCUT2D eigenvalue weighted by Crippen LogP contribution is -2.30. The summed E-state index contributed by atoms with van der Waals surface area (Å²) in [6, 6.07) is 43.0. The van der Waals surface area contributed by atoms with Crippen LogP contribution in [0.5, 0.6) is 0 Å². The third-order valence-corrected chi connectivity index (χ3v) is 9.32. The first kappa shape index (κ1) is 36.2. The largest absolute Gasteiger partial charge is 0.465 e. The zero-order valence-corrected chi connectivity index (χ0v) is 29.7. The summed E-state index contributed by atoms with van der Waals surface area (Å²) in [5.74, 6) is -0.712. The number of carbonyl (C=O) groups is 4. The van der Waals surface area contributed by atoms with Gasteiger partial charge in [0.15, 0.2) is 0 Å². The predicted octanol–water partition coefficient (Wildman–Crippen LogP) is 8.92. The SMILES string of the molecule is COC(=O)c1ccc(NC(=O)C(Sc2ccc(NC(=O)C(=Cc3ccc(-c4ccc(C)cc4)o3)NC(=O)c3ccccc3)cc2)c2ccccc2)cc1. The van der Waals surface area contributed by atoms with Crippen LogP contribution in [0, 0.1) is 6.92 Å². The summed E-state index contributed by atoms with van der Waals surface area (Å²) in [5, 5.41) is 7.92. The maximum Gasteiger partial charge on any atom is 0.337 e. The first-order valence-electron chi connectivity index (χ1n) is 16.6. The van der Waals surface area contributed by atoms with Gasteiger partial charge in [-0.05, 0) is 85.3 Å². The highest BCUT2D eigenvalue weighted by Crippen LogP contribution is 2.37. The van der Waals surface area contributed by atoms with Crippen LogP contribution in [-0.2, 0) is 14.3 Å². The van der Waals surface area contributed by atoms with E-state index in [4.69, 9.17) is 9.15 Å². The van der Waals surface area contributed by atoms with E-state index >= 15 is 0 Å². The van der Waals surface area contributed by atoms with Gasteiger partial charge in [-0.2, -0.15) is 0 Å². The summed E-state index contributed by atoms with van der Waals surface area (Å²) >= 11 is 1.34. The fourth-order valence-electron chi connectivity index (χ4n) is 5.26. The lowest BCUT2D eigenvalue weighted by atomic mass is 10.1. The number of hydrogen-bond acceptors (Lipinski definition) is 7. The number of carbonyl (C=O) groups excluding carboxylic acids is 4. The van der Waals surface area contributed by atoms with E-state index in [0.717, 1.165) is 21.6 Å². The molecule has 5 aromatic carbocycles. The Morgan fingerprint density at radius 3 is 1.96 bits per heavy atom. The molecule has 10 heteroatoms. The molecule has 0 spiro atoms. The summed E-state index contributed by atoms with van der Waals surface area (Å²) in [4.78, 5) is 53.0. The molecule has 264 valence electrons. The number of anilines is 2. The zero-order valence-electron chi connectivity index (χ0n) is 28.9. The molecule has 6 aromatic rings. The zero-order chi connectivity index (χ0) is 37.2. The van der Waals surface area contributed by atoms with Crippen molar-refractivity contribution in [3.63, 3.8) is 0 Å². The molecular weight excluding hydrogens is 687 g/mol. The summed E-state index contributed by atoms with van der Waals surface area (Å²) in [6.45, 7) is 2.01. The normalized spacial score (nSPS) is 11.6. The number of furan rings is 1. The Hall–Kier alpha value is -6.65. The lowest BCUT2D eigenvalue weighted by Gasteiger charge is -2.18. The number of hydrogen-bond donors (Lipinski definition) is 3. The first-order valence-corrected chi connectivity index (χ1v) is 17.5. The Morgan fingerprint density at radius 2 is 1.30 bits per heavy atom. The van der Waals surface area contributed by atoms with Crippen LogP contribution in [0.1, 0.15) is 42.9 Å². The van der Waals surface area contributed by atoms with E-state index in [9.17, 15) is 19.2 Å². The molecule has 3 N–H and O–H groups in total. The van der Waals surface area contributed by atoms with Crippen LogP contribution >= 0.6 is 11.8 Å². The number of ether oxygens (including phenoxy) is 1. The number of rotatable bonds is 12. The van der Waals surface area contributed by atoms with Crippen molar-refractivity contribution in [3.05, 3.63) is 179 Å². The maximum absolute atomic E-state index is 13.7. The standard InChI is InChI=1S/C43H35N3O6S/c1-28-13-15-29(16-14-28)38-26-23-35(52-38)27-37(46-40(47)31-11-7-4-8-12-31)41(48)44-34-21-24-36(25-22-34)53-39(30-9-5-3-6-10-30)42(49)45-33-19-17-32(18-20-33)43(50)51-2/h3-27,39H,1-2H3,(H,44,48)(H,45,49)(H,46,47). The van der Waals surface area contributed by atoms with Crippen molar-refractivity contribution >= 4 is 52.9 Å². The molecule has 0 radical (unpaired) electrons. The number of thioether (sulfide) groups is 1. The Kier molecular flexibility index (Phi) is 11.6. The average Bonchev–Trinajstić information content (AvgIpc) is 3.66. The molecule has 0 bridgehead atoms. The van der Waals surface area contributed by atoms with E-state index in [2.05, 4.69) is 16.0 Å². The van der Waals surface area contributed by atoms with E-state index in [1.165, 1.54) is 24.9 Å². The Bertz CT molecular complexity index is 2230. The fourth-order valence-corrected chi connectivity index (χ4v) is 6.28. The highest BCUT2D eigenvalue weighted by Gasteiger charge is 2.23. The van der Waals surface area contributed by atoms with Gasteiger partial charge in [-0.1, -0.05) is 78.4 Å². The van der Waals surface area contributed by atoms with Gasteiger partial charge in [0.05, 0.1) is 12.7 Å². The van der Waals surface area contributed by atoms with E-state index < -0.39 is 23.0 Å². The van der Waals surface area contributed by atoms with Crippen molar-refractivity contribution in [1.29, 1.82) is 0 Å². The molecule has 0 saturated heterocycles. The highest BCUT2D eigenvalue weighted by molar-refractivity contribution is 8.00. The second-order valence-electron chi connectivity index (χ2n) is 11.9. The van der Waals surface area contributed by atoms with E-state index in [1.807, 2.05) is 67.6 Å². The van der Waals surface area contributed by atoms with E-state index in [1.54, 1.807) is 84.9 Å². The molecule has 1 atom stereocenters. The second-order valence-corrected chi connectivity index (χ2v) is 13.1. The van der Waals surface area contributed by atoms with Gasteiger partial charge in [-0.15, -0.1) is 11.8 Å². The van der Waals surface area contributed by atoms with E-state index in [0.29, 0.717) is 34.0 Å². The smallest absolute Gasteiger partial charge is 0.337 e. The van der Waals surface area contributed by atoms with Gasteiger partial charge in [0.25, 0.3) is 11.8 Å². The molecule has 0 fully saturated rings. The molecule has 3 amide bonds. The topological polar surface area (TPSA) is 127 Å². The van der Waals surface area contributed by atoms with Crippen LogP contribution < -0.4 is 16.0 Å². The predicted molar refractivity (Wildman–Crippen MR) is 207 cm³/mol. The van der Waals surface area contributed by atoms with Gasteiger partial charge >= 0.3 is 5.97 Å². The van der Waals surface area contributed by atoms with Gasteiger partial charge in [0.1, 0.15) is 22.5 Å². The summed E-state index contributed by atoms with van der Waals surface area (Å²) < 4.78 is 10.8. The van der Waals surface area contributed by atoms with Gasteiger partial charge in [-0.25, -0.2) is 4.79 Å². The number of nitrogens with one attached hydrogen (secondary N) is 3. The van der Waals surface area contributed by atoms with Gasteiger partial charge in [-0.3, -0.25) is 14.4 Å². The third-order valence-electron chi connectivity index (χ3n) is 8.06. The van der Waals surface area contributed by atoms with Crippen molar-refractivity contribution in [3.8, 4) is 11.3 Å². The quantitative estimate of drug-likeness (QED) is 0.0655. The number of aryl methyl sites for hydroxylation is 1. The Balaban J connectivity index is 1.18. The van der Waals surface area contributed by atoms with Crippen LogP contribution in [0.25, 0.3) is 17.4 Å². The van der Waals surface area contributed by atoms with Crippen LogP contribution in [-0.4, -0.2) is 30.8 Å². The number of benzene rings is 5. The third kappa shape index (κ3) is 9.57. The molecule has 1 heterocycles. The van der Waals surface area contributed by atoms with Crippen molar-refractivity contribution in [2.24, 2.45) is 0 Å². The summed E-state index contributed by atoms with van der Waals surface area (Å²) in [5.41, 5.74) is 4.57. The monoisotopic (exact) mass is 721 g/mol. The summed E-state index contributed by atoms with van der Waals surface area (Å²) in [7, 11) is 1.31. The number of methoxy groups -OCH3 is 1. The molecule has 6 rings (SSSR count). The number of esters is 1. The minimum absolute atomic E-state index is 0.0115. The van der Waals surface area contributed by atoms with Crippen molar-refractivity contribution in [2.45, 2.75) is 17.1 Å². The van der Waals surface area contributed by atoms with Gasteiger partial charge < -0.3 is 25.1 Å². The Labute approximate surface area is 311 Å².